The molecule has 4 atom stereocenters. The molecule has 25 heavy (non-hydrogen) atoms. The van der Waals surface area contributed by atoms with Gasteiger partial charge in [0.1, 0.15) is 6.10 Å². The fraction of sp³-hybridized carbons (Fsp3) is 0.611. The number of hydrogen-bond acceptors (Lipinski definition) is 4. The van der Waals surface area contributed by atoms with Crippen LogP contribution in [0.25, 0.3) is 0 Å². The molecule has 0 saturated carbocycles. The summed E-state index contributed by atoms with van der Waals surface area (Å²) in [4.78, 5) is 22.7. The molecular weight excluding hydrogens is 341 g/mol. The lowest BCUT2D eigenvalue weighted by Crippen LogP contribution is -2.51. The number of morpholine rings is 1. The molecule has 1 aromatic carbocycles. The summed E-state index contributed by atoms with van der Waals surface area (Å²) in [6, 6.07) is 7.06. The number of likely N-dealkylation sites (N-methyl/N-ethyl adjacent to an activating group) is 1. The SMILES string of the molecule is CCCCC([C@@H]1CN(C)[C@H](Cc2ccc(C(=O)O)cc2)CO1)[P+](=O)O. The monoisotopic (exact) mass is 368 g/mol. The summed E-state index contributed by atoms with van der Waals surface area (Å²) in [5, 5.41) is 8.95. The predicted molar refractivity (Wildman–Crippen MR) is 96.4 cm³/mol. The molecule has 2 N–H and O–H groups in total. The van der Waals surface area contributed by atoms with Crippen LogP contribution in [0, 0.1) is 0 Å². The van der Waals surface area contributed by atoms with Gasteiger partial charge in [0, 0.05) is 12.6 Å². The zero-order valence-electron chi connectivity index (χ0n) is 14.8. The summed E-state index contributed by atoms with van der Waals surface area (Å²) in [5.74, 6) is -0.927. The van der Waals surface area contributed by atoms with Crippen molar-refractivity contribution < 1.29 is 24.1 Å². The zero-order valence-corrected chi connectivity index (χ0v) is 15.7. The Balaban J connectivity index is 1.94. The molecule has 0 spiro atoms. The highest BCUT2D eigenvalue weighted by atomic mass is 31.1. The smallest absolute Gasteiger partial charge is 0.478 e. The van der Waals surface area contributed by atoms with Crippen molar-refractivity contribution in [3.8, 4) is 0 Å². The van der Waals surface area contributed by atoms with Gasteiger partial charge in [-0.1, -0.05) is 25.5 Å². The molecule has 1 aliphatic heterocycles. The lowest BCUT2D eigenvalue weighted by Gasteiger charge is -2.37. The number of ether oxygens (including phenoxy) is 1. The van der Waals surface area contributed by atoms with Gasteiger partial charge in [-0.3, -0.25) is 4.90 Å². The van der Waals surface area contributed by atoms with Crippen LogP contribution in [0.5, 0.6) is 0 Å². The average molecular weight is 368 g/mol. The summed E-state index contributed by atoms with van der Waals surface area (Å²) < 4.78 is 17.6. The fourth-order valence-corrected chi connectivity index (χ4v) is 4.07. The Labute approximate surface area is 149 Å². The van der Waals surface area contributed by atoms with Crippen molar-refractivity contribution in [2.24, 2.45) is 0 Å². The number of nitrogens with zero attached hydrogens (tertiary/aromatic N) is 1. The molecule has 2 unspecified atom stereocenters. The lowest BCUT2D eigenvalue weighted by molar-refractivity contribution is -0.0559. The Morgan fingerprint density at radius 2 is 2.08 bits per heavy atom. The first kappa shape index (κ1) is 20.0. The molecule has 0 bridgehead atoms. The number of unbranched alkanes of at least 4 members (excludes halogenated alkanes) is 1. The van der Waals surface area contributed by atoms with E-state index in [1.165, 1.54) is 0 Å². The van der Waals surface area contributed by atoms with Crippen molar-refractivity contribution in [3.63, 3.8) is 0 Å². The van der Waals surface area contributed by atoms with Crippen LogP contribution in [0.2, 0.25) is 0 Å². The van der Waals surface area contributed by atoms with Crippen molar-refractivity contribution >= 4 is 14.0 Å². The summed E-state index contributed by atoms with van der Waals surface area (Å²) in [7, 11) is -0.240. The van der Waals surface area contributed by atoms with Crippen molar-refractivity contribution in [2.75, 3.05) is 20.2 Å². The highest BCUT2D eigenvalue weighted by Gasteiger charge is 2.41. The molecule has 1 saturated heterocycles. The van der Waals surface area contributed by atoms with E-state index in [2.05, 4.69) is 11.8 Å². The zero-order chi connectivity index (χ0) is 18.4. The third-order valence-electron chi connectivity index (χ3n) is 4.83. The van der Waals surface area contributed by atoms with E-state index in [0.717, 1.165) is 24.8 Å². The summed E-state index contributed by atoms with van der Waals surface area (Å²) in [5.41, 5.74) is 1.02. The summed E-state index contributed by atoms with van der Waals surface area (Å²) >= 11 is 0. The Hall–Kier alpha value is -1.33. The maximum absolute atomic E-state index is 11.7. The van der Waals surface area contributed by atoms with E-state index in [1.54, 1.807) is 12.1 Å². The molecule has 0 aromatic heterocycles. The Morgan fingerprint density at radius 3 is 2.60 bits per heavy atom. The van der Waals surface area contributed by atoms with Gasteiger partial charge in [-0.2, -0.15) is 4.89 Å². The Kier molecular flexibility index (Phi) is 7.51. The van der Waals surface area contributed by atoms with Gasteiger partial charge >= 0.3 is 14.0 Å². The molecule has 1 aromatic rings. The van der Waals surface area contributed by atoms with Crippen LogP contribution >= 0.6 is 8.03 Å². The Morgan fingerprint density at radius 1 is 1.40 bits per heavy atom. The Bertz CT molecular complexity index is 592. The minimum atomic E-state index is -2.25. The van der Waals surface area contributed by atoms with Crippen molar-refractivity contribution in [3.05, 3.63) is 35.4 Å². The topological polar surface area (TPSA) is 87.1 Å². The molecule has 1 heterocycles. The van der Waals surface area contributed by atoms with E-state index in [9.17, 15) is 14.3 Å². The second kappa shape index (κ2) is 9.39. The second-order valence-electron chi connectivity index (χ2n) is 6.68. The van der Waals surface area contributed by atoms with E-state index in [0.29, 0.717) is 19.6 Å². The van der Waals surface area contributed by atoms with Crippen LogP contribution in [0.4, 0.5) is 0 Å². The molecule has 1 fully saturated rings. The van der Waals surface area contributed by atoms with E-state index in [-0.39, 0.29) is 23.4 Å². The van der Waals surface area contributed by atoms with Gasteiger partial charge in [0.25, 0.3) is 0 Å². The van der Waals surface area contributed by atoms with E-state index >= 15 is 0 Å². The molecule has 0 amide bonds. The third kappa shape index (κ3) is 5.58. The molecular formula is C18H27NO5P+. The van der Waals surface area contributed by atoms with E-state index in [4.69, 9.17) is 9.84 Å². The van der Waals surface area contributed by atoms with E-state index < -0.39 is 14.0 Å². The highest BCUT2D eigenvalue weighted by molar-refractivity contribution is 7.39. The minimum Gasteiger partial charge on any atom is -0.478 e. The number of hydrogen-bond donors (Lipinski definition) is 2. The van der Waals surface area contributed by atoms with E-state index in [1.807, 2.05) is 19.2 Å². The molecule has 138 valence electrons. The summed E-state index contributed by atoms with van der Waals surface area (Å²) in [6.07, 6.45) is 3.18. The maximum atomic E-state index is 11.7. The normalized spacial score (nSPS) is 23.2. The largest absolute Gasteiger partial charge is 0.511 e. The minimum absolute atomic E-state index is 0.176. The maximum Gasteiger partial charge on any atom is 0.511 e. The van der Waals surface area contributed by atoms with Crippen molar-refractivity contribution in [2.45, 2.75) is 50.4 Å². The fourth-order valence-electron chi connectivity index (χ4n) is 3.20. The predicted octanol–water partition coefficient (Wildman–Crippen LogP) is 2.92. The quantitative estimate of drug-likeness (QED) is 0.686. The van der Waals surface area contributed by atoms with Crippen LogP contribution in [0.1, 0.15) is 42.1 Å². The van der Waals surface area contributed by atoms with Crippen LogP contribution in [-0.4, -0.2) is 58.9 Å². The number of carbonyl (C=O) groups is 1. The lowest BCUT2D eigenvalue weighted by atomic mass is 10.0. The van der Waals surface area contributed by atoms with Gasteiger partial charge in [-0.25, -0.2) is 4.79 Å². The number of aromatic carboxylic acids is 1. The molecule has 7 heteroatoms. The van der Waals surface area contributed by atoms with Crippen LogP contribution in [0.15, 0.2) is 24.3 Å². The average Bonchev–Trinajstić information content (AvgIpc) is 2.57. The van der Waals surface area contributed by atoms with Crippen LogP contribution < -0.4 is 0 Å². The van der Waals surface area contributed by atoms with Crippen molar-refractivity contribution in [1.82, 2.24) is 4.90 Å². The number of carboxylic acids is 1. The van der Waals surface area contributed by atoms with Gasteiger partial charge in [0.05, 0.1) is 12.2 Å². The third-order valence-corrected chi connectivity index (χ3v) is 5.99. The number of benzene rings is 1. The molecule has 1 aliphatic rings. The van der Waals surface area contributed by atoms with Gasteiger partial charge in [-0.15, -0.1) is 0 Å². The van der Waals surface area contributed by atoms with Crippen LogP contribution in [0.3, 0.4) is 0 Å². The van der Waals surface area contributed by atoms with Crippen LogP contribution in [-0.2, 0) is 15.7 Å². The van der Waals surface area contributed by atoms with Gasteiger partial charge < -0.3 is 9.84 Å². The first-order chi connectivity index (χ1) is 11.9. The first-order valence-corrected chi connectivity index (χ1v) is 9.99. The standard InChI is InChI=1S/C18H26NO5P/c1-3-4-5-17(25(22)23)16-11-19(2)15(12-24-16)10-13-6-8-14(9-7-13)18(20)21/h6-9,15-17H,3-5,10-12H2,1-2H3,(H-,20,21,22,23)/p+1/t15-,16+,17?/m1/s1. The molecule has 0 aliphatic carbocycles. The number of rotatable bonds is 8. The van der Waals surface area contributed by atoms with Gasteiger partial charge in [-0.05, 0) is 48.6 Å². The summed E-state index contributed by atoms with van der Waals surface area (Å²) in [6.45, 7) is 3.21. The number of carboxylic acid groups (broad SMARTS) is 1. The molecule has 6 nitrogen and oxygen atoms in total. The van der Waals surface area contributed by atoms with Gasteiger partial charge in [0.15, 0.2) is 0 Å². The molecule has 2 rings (SSSR count). The molecule has 0 radical (unpaired) electrons. The first-order valence-electron chi connectivity index (χ1n) is 8.71. The van der Waals surface area contributed by atoms with Crippen molar-refractivity contribution in [1.29, 1.82) is 0 Å². The van der Waals surface area contributed by atoms with Gasteiger partial charge in [0.2, 0.25) is 5.66 Å². The highest BCUT2D eigenvalue weighted by Crippen LogP contribution is 2.33. The second-order valence-corrected chi connectivity index (χ2v) is 7.95.